The smallest absolute Gasteiger partial charge is 0.119 e. The van der Waals surface area contributed by atoms with Gasteiger partial charge < -0.3 is 9.72 Å². The number of rotatable bonds is 1. The summed E-state index contributed by atoms with van der Waals surface area (Å²) in [6.07, 6.45) is -0.303. The van der Waals surface area contributed by atoms with Crippen LogP contribution < -0.4 is 4.74 Å². The van der Waals surface area contributed by atoms with E-state index >= 15 is 0 Å². The minimum Gasteiger partial charge on any atom is -0.497 e. The second-order valence-corrected chi connectivity index (χ2v) is 1.93. The number of fused-ring (bicyclic) bond motifs is 1. The van der Waals surface area contributed by atoms with E-state index in [-0.39, 0.29) is 23.1 Å². The van der Waals surface area contributed by atoms with E-state index in [0.717, 1.165) is 0 Å². The molecule has 1 aromatic heterocycles. The second kappa shape index (κ2) is 2.31. The molecule has 1 heterocycles. The summed E-state index contributed by atoms with van der Waals surface area (Å²) >= 11 is 0. The molecule has 56 valence electrons. The number of hydrogen-bond acceptors (Lipinski definition) is 1. The summed E-state index contributed by atoms with van der Waals surface area (Å²) in [5.74, 6) is -0.579. The van der Waals surface area contributed by atoms with Crippen LogP contribution in [0.3, 0.4) is 0 Å². The Kier molecular flexibility index (Phi) is 0.427. The van der Waals surface area contributed by atoms with Crippen molar-refractivity contribution in [3.63, 3.8) is 0 Å². The highest BCUT2D eigenvalue weighted by Crippen LogP contribution is 2.18. The molecule has 0 radical (unpaired) electrons. The van der Waals surface area contributed by atoms with Crippen molar-refractivity contribution in [2.24, 2.45) is 0 Å². The zero-order valence-electron chi connectivity index (χ0n) is 13.4. The van der Waals surface area contributed by atoms with E-state index in [4.69, 9.17) is 11.0 Å². The summed E-state index contributed by atoms with van der Waals surface area (Å²) in [4.78, 5) is 2.42. The van der Waals surface area contributed by atoms with Gasteiger partial charge in [-0.2, -0.15) is 0 Å². The van der Waals surface area contributed by atoms with E-state index in [1.807, 2.05) is 0 Å². The van der Waals surface area contributed by atoms with Gasteiger partial charge in [0, 0.05) is 17.1 Å². The number of hydrogen-bond donors (Lipinski definition) is 1. The van der Waals surface area contributed by atoms with Gasteiger partial charge in [0.05, 0.1) is 18.0 Å². The Morgan fingerprint density at radius 3 is 3.45 bits per heavy atom. The molecule has 0 unspecified atom stereocenters. The lowest BCUT2D eigenvalue weighted by atomic mass is 10.2. The Hall–Kier alpha value is -1.44. The van der Waals surface area contributed by atoms with E-state index < -0.39 is 30.9 Å². The number of aromatic amines is 1. The third-order valence-electron chi connectivity index (χ3n) is 1.27. The van der Waals surface area contributed by atoms with Gasteiger partial charge in [-0.15, -0.1) is 0 Å². The minimum absolute atomic E-state index is 0.0112. The lowest BCUT2D eigenvalue weighted by Gasteiger charge is -1.97. The van der Waals surface area contributed by atoms with Crippen LogP contribution in [-0.2, 0) is 0 Å². The second-order valence-electron chi connectivity index (χ2n) is 1.93. The van der Waals surface area contributed by atoms with Crippen molar-refractivity contribution in [1.82, 2.24) is 4.98 Å². The van der Waals surface area contributed by atoms with Crippen molar-refractivity contribution in [3.8, 4) is 5.75 Å². The third kappa shape index (κ3) is 0.963. The third-order valence-corrected chi connectivity index (χ3v) is 1.27. The number of ether oxygens (including phenoxy) is 1. The molecule has 1 aromatic carbocycles. The normalized spacial score (nSPS) is 21.8. The molecule has 0 bridgehead atoms. The van der Waals surface area contributed by atoms with Crippen LogP contribution >= 0.6 is 0 Å². The highest BCUT2D eigenvalue weighted by atomic mass is 16.5. The molecular weight excluding hydrogens is 138 g/mol. The maximum absolute atomic E-state index is 7.81. The first kappa shape index (κ1) is 2.03. The fourth-order valence-electron chi connectivity index (χ4n) is 0.784. The lowest BCUT2D eigenvalue weighted by Crippen LogP contribution is -1.80. The lowest BCUT2D eigenvalue weighted by molar-refractivity contribution is 0.415. The van der Waals surface area contributed by atoms with Crippen LogP contribution in [0.2, 0.25) is 0 Å². The van der Waals surface area contributed by atoms with Gasteiger partial charge in [-0.3, -0.25) is 0 Å². The maximum atomic E-state index is 7.81. The topological polar surface area (TPSA) is 25.0 Å². The molecule has 0 spiro atoms. The Morgan fingerprint density at radius 2 is 2.55 bits per heavy atom. The first-order valence-electron chi connectivity index (χ1n) is 6.91. The molecule has 2 rings (SSSR count). The van der Waals surface area contributed by atoms with Crippen molar-refractivity contribution in [3.05, 3.63) is 30.3 Å². The van der Waals surface area contributed by atoms with Gasteiger partial charge in [0.15, 0.2) is 0 Å². The Morgan fingerprint density at radius 1 is 1.55 bits per heavy atom. The van der Waals surface area contributed by atoms with E-state index in [2.05, 4.69) is 9.72 Å². The van der Waals surface area contributed by atoms with Crippen molar-refractivity contribution in [2.75, 3.05) is 7.04 Å². The molecule has 0 amide bonds. The summed E-state index contributed by atoms with van der Waals surface area (Å²) in [6.45, 7) is 0. The van der Waals surface area contributed by atoms with Crippen molar-refractivity contribution < 1.29 is 15.7 Å². The fourth-order valence-corrected chi connectivity index (χ4v) is 0.784. The molecule has 0 aliphatic heterocycles. The standard InChI is InChI=1S/C9H9NO/c1-11-8-2-3-9-7(6-8)4-5-10-9/h2-6,10H,1H3/i1D3,2D,3D,4D,5D,6D. The Labute approximate surface area is 76.0 Å². The molecule has 2 nitrogen and oxygen atoms in total. The van der Waals surface area contributed by atoms with Gasteiger partial charge >= 0.3 is 0 Å². The van der Waals surface area contributed by atoms with Gasteiger partial charge in [0.25, 0.3) is 0 Å². The number of benzene rings is 1. The largest absolute Gasteiger partial charge is 0.497 e. The van der Waals surface area contributed by atoms with Crippen LogP contribution in [0.4, 0.5) is 0 Å². The van der Waals surface area contributed by atoms with Crippen LogP contribution in [0.1, 0.15) is 11.0 Å². The van der Waals surface area contributed by atoms with E-state index in [1.54, 1.807) is 0 Å². The molecule has 0 saturated heterocycles. The summed E-state index contributed by atoms with van der Waals surface area (Å²) in [7, 11) is -2.85. The summed E-state index contributed by atoms with van der Waals surface area (Å²) in [6, 6.07) is -1.78. The number of H-pyrrole nitrogens is 1. The summed E-state index contributed by atoms with van der Waals surface area (Å²) in [5, 5.41) is -0.0924. The highest BCUT2D eigenvalue weighted by molar-refractivity contribution is 5.80. The predicted octanol–water partition coefficient (Wildman–Crippen LogP) is 2.18. The fraction of sp³-hybridized carbons (Fsp3) is 0.111. The molecule has 0 aliphatic carbocycles. The van der Waals surface area contributed by atoms with Gasteiger partial charge in [0.2, 0.25) is 0 Å². The Balaban J connectivity index is 2.82. The molecule has 2 heteroatoms. The molecule has 0 saturated carbocycles. The minimum atomic E-state index is -2.85. The van der Waals surface area contributed by atoms with Crippen LogP contribution in [0.15, 0.2) is 30.3 Å². The molecule has 11 heavy (non-hydrogen) atoms. The summed E-state index contributed by atoms with van der Waals surface area (Å²) < 4.78 is 63.8. The Bertz CT molecular complexity index is 659. The molecule has 0 atom stereocenters. The summed E-state index contributed by atoms with van der Waals surface area (Å²) in [5.41, 5.74) is -0.0112. The molecule has 0 aliphatic rings. The van der Waals surface area contributed by atoms with Gasteiger partial charge in [-0.1, -0.05) is 0 Å². The predicted molar refractivity (Wildman–Crippen MR) is 44.9 cm³/mol. The van der Waals surface area contributed by atoms with Crippen molar-refractivity contribution in [2.45, 2.75) is 0 Å². The zero-order chi connectivity index (χ0) is 14.5. The number of aromatic nitrogens is 1. The van der Waals surface area contributed by atoms with Crippen molar-refractivity contribution in [1.29, 1.82) is 0 Å². The van der Waals surface area contributed by atoms with E-state index in [0.29, 0.717) is 0 Å². The van der Waals surface area contributed by atoms with E-state index in [9.17, 15) is 0 Å². The first-order valence-corrected chi connectivity index (χ1v) is 2.91. The highest BCUT2D eigenvalue weighted by Gasteiger charge is 1.94. The number of methoxy groups -OCH3 is 1. The van der Waals surface area contributed by atoms with Crippen LogP contribution in [-0.4, -0.2) is 12.0 Å². The van der Waals surface area contributed by atoms with Gasteiger partial charge in [-0.25, -0.2) is 0 Å². The maximum Gasteiger partial charge on any atom is 0.119 e. The van der Waals surface area contributed by atoms with Crippen LogP contribution in [0.25, 0.3) is 10.9 Å². The number of nitrogens with one attached hydrogen (secondary N) is 1. The average molecular weight is 155 g/mol. The van der Waals surface area contributed by atoms with E-state index in [1.165, 1.54) is 0 Å². The quantitative estimate of drug-likeness (QED) is 0.670. The van der Waals surface area contributed by atoms with Crippen molar-refractivity contribution >= 4 is 10.9 Å². The van der Waals surface area contributed by atoms with Crippen LogP contribution in [0, 0.1) is 0 Å². The monoisotopic (exact) mass is 155 g/mol. The van der Waals surface area contributed by atoms with Crippen LogP contribution in [0.5, 0.6) is 5.75 Å². The van der Waals surface area contributed by atoms with Gasteiger partial charge in [0.1, 0.15) is 5.75 Å². The average Bonchev–Trinajstić information content (AvgIpc) is 2.58. The molecule has 0 fully saturated rings. The first-order chi connectivity index (χ1) is 8.63. The molecule has 1 N–H and O–H groups in total. The molecule has 2 aromatic rings. The molecular formula is C9H9NO. The SMILES string of the molecule is [2H]c1[nH]c2c([2H])c([2H])c(OC([2H])([2H])[2H])c([2H])c2c1[2H]. The zero-order valence-corrected chi connectivity index (χ0v) is 5.41. The van der Waals surface area contributed by atoms with Gasteiger partial charge in [-0.05, 0) is 24.2 Å².